The molecular weight excluding hydrogens is 212 g/mol. The number of halogens is 1. The Balaban J connectivity index is 2.90. The molecule has 0 radical (unpaired) electrons. The molecule has 3 nitrogen and oxygen atoms in total. The van der Waals surface area contributed by atoms with Crippen molar-refractivity contribution in [3.05, 3.63) is 22.0 Å². The molecule has 1 heterocycles. The van der Waals surface area contributed by atoms with Crippen LogP contribution >= 0.6 is 11.6 Å². The number of anilines is 1. The van der Waals surface area contributed by atoms with Crippen LogP contribution in [0, 0.1) is 13.8 Å². The van der Waals surface area contributed by atoms with Crippen molar-refractivity contribution in [2.24, 2.45) is 0 Å². The van der Waals surface area contributed by atoms with Crippen LogP contribution in [0.1, 0.15) is 23.9 Å². The molecule has 0 aliphatic rings. The number of nitrogen functional groups attached to an aromatic ring is 1. The summed E-state index contributed by atoms with van der Waals surface area (Å²) in [6.45, 7) is 5.81. The van der Waals surface area contributed by atoms with Gasteiger partial charge in [0.1, 0.15) is 5.52 Å². The first kappa shape index (κ1) is 10.3. The number of hydrogen-bond donors (Lipinski definition) is 1. The molecule has 0 spiro atoms. The van der Waals surface area contributed by atoms with Gasteiger partial charge in [-0.1, -0.05) is 18.5 Å². The molecule has 0 saturated carbocycles. The van der Waals surface area contributed by atoms with Gasteiger partial charge in [-0.15, -0.1) is 0 Å². The number of nitrogens with zero attached hydrogens (tertiary/aromatic N) is 1. The lowest BCUT2D eigenvalue weighted by Gasteiger charge is -2.05. The van der Waals surface area contributed by atoms with E-state index in [2.05, 4.69) is 4.98 Å². The van der Waals surface area contributed by atoms with Crippen LogP contribution in [-0.4, -0.2) is 4.98 Å². The Morgan fingerprint density at radius 3 is 2.60 bits per heavy atom. The fourth-order valence-corrected chi connectivity index (χ4v) is 1.82. The molecule has 15 heavy (non-hydrogen) atoms. The van der Waals surface area contributed by atoms with Gasteiger partial charge in [-0.3, -0.25) is 0 Å². The zero-order valence-electron chi connectivity index (χ0n) is 9.02. The molecule has 80 valence electrons. The summed E-state index contributed by atoms with van der Waals surface area (Å²) in [5.74, 6) is 0.696. The van der Waals surface area contributed by atoms with Gasteiger partial charge in [-0.05, 0) is 25.0 Å². The predicted octanol–water partition coefficient (Wildman–Crippen LogP) is 3.24. The summed E-state index contributed by atoms with van der Waals surface area (Å²) >= 11 is 6.15. The average molecular weight is 225 g/mol. The van der Waals surface area contributed by atoms with Crippen molar-refractivity contribution >= 4 is 28.4 Å². The minimum absolute atomic E-state index is 0.591. The van der Waals surface area contributed by atoms with Crippen LogP contribution in [0.3, 0.4) is 0 Å². The third-order valence-electron chi connectivity index (χ3n) is 2.64. The second-order valence-electron chi connectivity index (χ2n) is 3.62. The van der Waals surface area contributed by atoms with E-state index in [1.54, 1.807) is 0 Å². The summed E-state index contributed by atoms with van der Waals surface area (Å²) in [6, 6.07) is 0. The molecule has 0 amide bonds. The maximum absolute atomic E-state index is 6.15. The lowest BCUT2D eigenvalue weighted by atomic mass is 10.1. The minimum atomic E-state index is 0.591. The van der Waals surface area contributed by atoms with E-state index in [0.717, 1.165) is 23.1 Å². The highest BCUT2D eigenvalue weighted by Gasteiger charge is 2.16. The van der Waals surface area contributed by atoms with E-state index in [4.69, 9.17) is 21.8 Å². The van der Waals surface area contributed by atoms with Crippen LogP contribution in [0.5, 0.6) is 0 Å². The summed E-state index contributed by atoms with van der Waals surface area (Å²) in [7, 11) is 0. The number of aromatic nitrogens is 1. The van der Waals surface area contributed by atoms with Crippen LogP contribution < -0.4 is 5.73 Å². The number of aryl methyl sites for hydroxylation is 2. The number of benzene rings is 1. The van der Waals surface area contributed by atoms with E-state index >= 15 is 0 Å². The number of fused-ring (bicyclic) bond motifs is 1. The van der Waals surface area contributed by atoms with Gasteiger partial charge in [0.2, 0.25) is 0 Å². The van der Waals surface area contributed by atoms with E-state index < -0.39 is 0 Å². The SMILES string of the molecule is CCc1nc2c(C)c(Cl)c(C)c(N)c2o1. The molecule has 0 fully saturated rings. The van der Waals surface area contributed by atoms with Gasteiger partial charge in [-0.25, -0.2) is 4.98 Å². The smallest absolute Gasteiger partial charge is 0.195 e. The van der Waals surface area contributed by atoms with E-state index in [1.807, 2.05) is 20.8 Å². The molecule has 0 atom stereocenters. The highest BCUT2D eigenvalue weighted by molar-refractivity contribution is 6.33. The van der Waals surface area contributed by atoms with Crippen molar-refractivity contribution in [3.63, 3.8) is 0 Å². The number of oxazole rings is 1. The van der Waals surface area contributed by atoms with Crippen molar-refractivity contribution in [1.29, 1.82) is 0 Å². The molecule has 0 bridgehead atoms. The second-order valence-corrected chi connectivity index (χ2v) is 3.99. The van der Waals surface area contributed by atoms with Crippen LogP contribution in [0.4, 0.5) is 5.69 Å². The molecule has 0 aliphatic carbocycles. The first-order chi connectivity index (χ1) is 7.06. The third-order valence-corrected chi connectivity index (χ3v) is 3.20. The fourth-order valence-electron chi connectivity index (χ4n) is 1.63. The lowest BCUT2D eigenvalue weighted by Crippen LogP contribution is -1.93. The third kappa shape index (κ3) is 1.38. The van der Waals surface area contributed by atoms with Crippen molar-refractivity contribution in [2.75, 3.05) is 5.73 Å². The van der Waals surface area contributed by atoms with Gasteiger partial charge >= 0.3 is 0 Å². The van der Waals surface area contributed by atoms with E-state index in [1.165, 1.54) is 0 Å². The topological polar surface area (TPSA) is 52.0 Å². The highest BCUT2D eigenvalue weighted by Crippen LogP contribution is 2.34. The zero-order valence-corrected chi connectivity index (χ0v) is 9.77. The molecule has 4 heteroatoms. The summed E-state index contributed by atoms with van der Waals surface area (Å²) in [4.78, 5) is 4.36. The molecule has 0 aliphatic heterocycles. The van der Waals surface area contributed by atoms with Crippen molar-refractivity contribution in [2.45, 2.75) is 27.2 Å². The number of rotatable bonds is 1. The molecule has 0 unspecified atom stereocenters. The van der Waals surface area contributed by atoms with Gasteiger partial charge in [0.15, 0.2) is 11.5 Å². The standard InChI is InChI=1S/C11H13ClN2O/c1-4-7-14-10-6(3)8(12)5(2)9(13)11(10)15-7/h4,13H2,1-3H3. The largest absolute Gasteiger partial charge is 0.439 e. The van der Waals surface area contributed by atoms with Gasteiger partial charge in [0, 0.05) is 6.42 Å². The van der Waals surface area contributed by atoms with E-state index in [9.17, 15) is 0 Å². The Morgan fingerprint density at radius 2 is 2.00 bits per heavy atom. The van der Waals surface area contributed by atoms with Gasteiger partial charge in [-0.2, -0.15) is 0 Å². The number of hydrogen-bond acceptors (Lipinski definition) is 3. The normalized spacial score (nSPS) is 11.2. The Bertz CT molecular complexity index is 486. The van der Waals surface area contributed by atoms with Crippen LogP contribution in [0.2, 0.25) is 5.02 Å². The summed E-state index contributed by atoms with van der Waals surface area (Å²) in [5.41, 5.74) is 9.76. The van der Waals surface area contributed by atoms with Crippen molar-refractivity contribution in [3.8, 4) is 0 Å². The predicted molar refractivity (Wildman–Crippen MR) is 62.3 cm³/mol. The first-order valence-corrected chi connectivity index (χ1v) is 5.27. The van der Waals surface area contributed by atoms with Crippen LogP contribution in [0.25, 0.3) is 11.1 Å². The Morgan fingerprint density at radius 1 is 1.33 bits per heavy atom. The summed E-state index contributed by atoms with van der Waals surface area (Å²) in [6.07, 6.45) is 0.754. The molecule has 1 aromatic carbocycles. The molecule has 1 aromatic heterocycles. The molecule has 0 saturated heterocycles. The van der Waals surface area contributed by atoms with E-state index in [0.29, 0.717) is 22.2 Å². The molecule has 2 N–H and O–H groups in total. The van der Waals surface area contributed by atoms with Crippen LogP contribution in [0.15, 0.2) is 4.42 Å². The quantitative estimate of drug-likeness (QED) is 0.757. The minimum Gasteiger partial charge on any atom is -0.439 e. The average Bonchev–Trinajstić information content (AvgIpc) is 2.67. The monoisotopic (exact) mass is 224 g/mol. The first-order valence-electron chi connectivity index (χ1n) is 4.89. The van der Waals surface area contributed by atoms with Crippen LogP contribution in [-0.2, 0) is 6.42 Å². The Kier molecular flexibility index (Phi) is 2.35. The van der Waals surface area contributed by atoms with Gasteiger partial charge in [0.05, 0.1) is 10.7 Å². The maximum atomic E-state index is 6.15. The van der Waals surface area contributed by atoms with Gasteiger partial charge in [0.25, 0.3) is 0 Å². The zero-order chi connectivity index (χ0) is 11.2. The summed E-state index contributed by atoms with van der Waals surface area (Å²) < 4.78 is 5.57. The molecule has 2 aromatic rings. The van der Waals surface area contributed by atoms with Crippen molar-refractivity contribution < 1.29 is 4.42 Å². The maximum Gasteiger partial charge on any atom is 0.195 e. The molecule has 2 rings (SSSR count). The summed E-state index contributed by atoms with van der Waals surface area (Å²) in [5, 5.41) is 0.677. The van der Waals surface area contributed by atoms with Crippen molar-refractivity contribution in [1.82, 2.24) is 4.98 Å². The van der Waals surface area contributed by atoms with Gasteiger partial charge < -0.3 is 10.2 Å². The molecular formula is C11H13ClN2O. The highest BCUT2D eigenvalue weighted by atomic mass is 35.5. The fraction of sp³-hybridized carbons (Fsp3) is 0.364. The number of nitrogens with two attached hydrogens (primary N) is 1. The Labute approximate surface area is 93.2 Å². The second kappa shape index (κ2) is 3.42. The lowest BCUT2D eigenvalue weighted by molar-refractivity contribution is 0.539. The van der Waals surface area contributed by atoms with E-state index in [-0.39, 0.29) is 0 Å². The Hall–Kier alpha value is -1.22.